The summed E-state index contributed by atoms with van der Waals surface area (Å²) in [4.78, 5) is 30.6. The fourth-order valence-corrected chi connectivity index (χ4v) is 2.61. The molecule has 21 heavy (non-hydrogen) atoms. The second kappa shape index (κ2) is 6.70. The normalized spacial score (nSPS) is 24.4. The molecule has 0 radical (unpaired) electrons. The van der Waals surface area contributed by atoms with Crippen LogP contribution in [0.1, 0.15) is 39.2 Å². The van der Waals surface area contributed by atoms with Gasteiger partial charge in [-0.05, 0) is 24.5 Å². The predicted molar refractivity (Wildman–Crippen MR) is 80.3 cm³/mol. The number of hydrogen-bond acceptors (Lipinski definition) is 3. The molecule has 2 amide bonds. The molecule has 1 saturated heterocycles. The van der Waals surface area contributed by atoms with Gasteiger partial charge in [-0.1, -0.05) is 26.3 Å². The highest BCUT2D eigenvalue weighted by atomic mass is 16.2. The van der Waals surface area contributed by atoms with E-state index in [1.54, 1.807) is 17.3 Å². The first kappa shape index (κ1) is 15.5. The maximum absolute atomic E-state index is 12.8. The van der Waals surface area contributed by atoms with Crippen LogP contribution in [0.25, 0.3) is 0 Å². The number of aromatic nitrogens is 1. The highest BCUT2D eigenvalue weighted by molar-refractivity contribution is 5.90. The van der Waals surface area contributed by atoms with Crippen LogP contribution in [0.3, 0.4) is 0 Å². The molecule has 1 aromatic heterocycles. The van der Waals surface area contributed by atoms with Crippen molar-refractivity contribution in [3.05, 3.63) is 30.1 Å². The van der Waals surface area contributed by atoms with Gasteiger partial charge in [0.2, 0.25) is 11.8 Å². The van der Waals surface area contributed by atoms with Crippen molar-refractivity contribution in [2.24, 2.45) is 5.92 Å². The van der Waals surface area contributed by atoms with Gasteiger partial charge in [0.05, 0.1) is 0 Å². The first-order valence-corrected chi connectivity index (χ1v) is 7.51. The molecular weight excluding hydrogens is 266 g/mol. The number of rotatable bonds is 4. The van der Waals surface area contributed by atoms with Gasteiger partial charge in [-0.15, -0.1) is 0 Å². The maximum Gasteiger partial charge on any atom is 0.245 e. The topological polar surface area (TPSA) is 62.3 Å². The fourth-order valence-electron chi connectivity index (χ4n) is 2.61. The van der Waals surface area contributed by atoms with Crippen LogP contribution in [0, 0.1) is 5.92 Å². The standard InChI is InChI=1S/C16H23N3O2/c1-4-11(2)15-16(21)19(12(3)8-14(20)18-15)10-13-6-5-7-17-9-13/h5-7,9,11-12,15H,4,8,10H2,1-3H3,(H,18,20). The van der Waals surface area contributed by atoms with Gasteiger partial charge < -0.3 is 10.2 Å². The number of nitrogens with one attached hydrogen (secondary N) is 1. The average molecular weight is 289 g/mol. The molecule has 0 saturated carbocycles. The minimum Gasteiger partial charge on any atom is -0.344 e. The van der Waals surface area contributed by atoms with Crippen molar-refractivity contribution in [2.75, 3.05) is 0 Å². The molecule has 5 nitrogen and oxygen atoms in total. The van der Waals surface area contributed by atoms with E-state index in [9.17, 15) is 9.59 Å². The van der Waals surface area contributed by atoms with Crippen LogP contribution in [0.4, 0.5) is 0 Å². The number of carbonyl (C=O) groups is 2. The van der Waals surface area contributed by atoms with Gasteiger partial charge in [-0.2, -0.15) is 0 Å². The Labute approximate surface area is 125 Å². The largest absolute Gasteiger partial charge is 0.344 e. The predicted octanol–water partition coefficient (Wildman–Crippen LogP) is 1.73. The molecule has 0 bridgehead atoms. The summed E-state index contributed by atoms with van der Waals surface area (Å²) < 4.78 is 0. The summed E-state index contributed by atoms with van der Waals surface area (Å²) in [5.41, 5.74) is 0.981. The average Bonchev–Trinajstić information content (AvgIpc) is 2.58. The molecule has 3 atom stereocenters. The first-order valence-electron chi connectivity index (χ1n) is 7.51. The van der Waals surface area contributed by atoms with Crippen molar-refractivity contribution in [1.82, 2.24) is 15.2 Å². The smallest absolute Gasteiger partial charge is 0.245 e. The molecule has 5 heteroatoms. The summed E-state index contributed by atoms with van der Waals surface area (Å²) >= 11 is 0. The number of amides is 2. The minimum atomic E-state index is -0.427. The summed E-state index contributed by atoms with van der Waals surface area (Å²) in [6, 6.07) is 3.28. The Bertz CT molecular complexity index is 504. The molecule has 1 fully saturated rings. The van der Waals surface area contributed by atoms with E-state index in [4.69, 9.17) is 0 Å². The molecular formula is C16H23N3O2. The highest BCUT2D eigenvalue weighted by Crippen LogP contribution is 2.20. The number of nitrogens with zero attached hydrogens (tertiary/aromatic N) is 2. The molecule has 2 heterocycles. The van der Waals surface area contributed by atoms with E-state index in [1.807, 2.05) is 32.9 Å². The Balaban J connectivity index is 2.24. The Morgan fingerprint density at radius 2 is 2.24 bits per heavy atom. The highest BCUT2D eigenvalue weighted by Gasteiger charge is 2.36. The molecule has 0 aromatic carbocycles. The summed E-state index contributed by atoms with van der Waals surface area (Å²) in [5.74, 6) is 0.0875. The van der Waals surface area contributed by atoms with E-state index >= 15 is 0 Å². The van der Waals surface area contributed by atoms with Gasteiger partial charge in [0.1, 0.15) is 6.04 Å². The van der Waals surface area contributed by atoms with E-state index < -0.39 is 6.04 Å². The summed E-state index contributed by atoms with van der Waals surface area (Å²) in [6.07, 6.45) is 4.67. The van der Waals surface area contributed by atoms with Gasteiger partial charge >= 0.3 is 0 Å². The second-order valence-corrected chi connectivity index (χ2v) is 5.81. The van der Waals surface area contributed by atoms with E-state index in [0.717, 1.165) is 12.0 Å². The third-order valence-corrected chi connectivity index (χ3v) is 4.17. The lowest BCUT2D eigenvalue weighted by Crippen LogP contribution is -2.49. The van der Waals surface area contributed by atoms with Crippen LogP contribution in [-0.2, 0) is 16.1 Å². The van der Waals surface area contributed by atoms with Crippen molar-refractivity contribution < 1.29 is 9.59 Å². The van der Waals surface area contributed by atoms with Gasteiger partial charge in [0, 0.05) is 31.4 Å². The van der Waals surface area contributed by atoms with E-state index in [1.165, 1.54) is 0 Å². The van der Waals surface area contributed by atoms with E-state index in [0.29, 0.717) is 13.0 Å². The second-order valence-electron chi connectivity index (χ2n) is 5.81. The van der Waals surface area contributed by atoms with Crippen LogP contribution in [0.5, 0.6) is 0 Å². The lowest BCUT2D eigenvalue weighted by atomic mass is 9.98. The summed E-state index contributed by atoms with van der Waals surface area (Å²) in [7, 11) is 0. The lowest BCUT2D eigenvalue weighted by molar-refractivity contribution is -0.136. The minimum absolute atomic E-state index is 0.00607. The van der Waals surface area contributed by atoms with Crippen LogP contribution in [0.15, 0.2) is 24.5 Å². The Hall–Kier alpha value is -1.91. The summed E-state index contributed by atoms with van der Waals surface area (Å²) in [5, 5.41) is 2.88. The number of pyridine rings is 1. The van der Waals surface area contributed by atoms with Gasteiger partial charge in [0.25, 0.3) is 0 Å². The van der Waals surface area contributed by atoms with E-state index in [2.05, 4.69) is 10.3 Å². The third kappa shape index (κ3) is 3.60. The Morgan fingerprint density at radius 1 is 1.48 bits per heavy atom. The quantitative estimate of drug-likeness (QED) is 0.918. The molecule has 3 unspecified atom stereocenters. The van der Waals surface area contributed by atoms with Crippen molar-refractivity contribution in [2.45, 2.75) is 52.2 Å². The number of carbonyl (C=O) groups excluding carboxylic acids is 2. The molecule has 1 aliphatic rings. The van der Waals surface area contributed by atoms with Crippen molar-refractivity contribution in [1.29, 1.82) is 0 Å². The molecule has 0 spiro atoms. The zero-order valence-corrected chi connectivity index (χ0v) is 12.9. The zero-order chi connectivity index (χ0) is 15.4. The lowest BCUT2D eigenvalue weighted by Gasteiger charge is -2.30. The molecule has 0 aliphatic carbocycles. The van der Waals surface area contributed by atoms with Crippen molar-refractivity contribution in [3.8, 4) is 0 Å². The fraction of sp³-hybridized carbons (Fsp3) is 0.562. The monoisotopic (exact) mass is 289 g/mol. The SMILES string of the molecule is CCC(C)C1NC(=O)CC(C)N(Cc2cccnc2)C1=O. The van der Waals surface area contributed by atoms with Crippen molar-refractivity contribution >= 4 is 11.8 Å². The Kier molecular flexibility index (Phi) is 4.94. The van der Waals surface area contributed by atoms with Crippen LogP contribution in [0.2, 0.25) is 0 Å². The van der Waals surface area contributed by atoms with Gasteiger partial charge in [0.15, 0.2) is 0 Å². The third-order valence-electron chi connectivity index (χ3n) is 4.17. The molecule has 1 aliphatic heterocycles. The number of hydrogen-bond donors (Lipinski definition) is 1. The molecule has 1 aromatic rings. The molecule has 2 rings (SSSR count). The van der Waals surface area contributed by atoms with Gasteiger partial charge in [-0.25, -0.2) is 0 Å². The van der Waals surface area contributed by atoms with Crippen molar-refractivity contribution in [3.63, 3.8) is 0 Å². The molecule has 114 valence electrons. The van der Waals surface area contributed by atoms with Crippen LogP contribution < -0.4 is 5.32 Å². The molecule has 1 N–H and O–H groups in total. The summed E-state index contributed by atoms with van der Waals surface area (Å²) in [6.45, 7) is 6.45. The maximum atomic E-state index is 12.8. The van der Waals surface area contributed by atoms with Crippen LogP contribution >= 0.6 is 0 Å². The van der Waals surface area contributed by atoms with Crippen LogP contribution in [-0.4, -0.2) is 33.8 Å². The first-order chi connectivity index (χ1) is 10.0. The van der Waals surface area contributed by atoms with E-state index in [-0.39, 0.29) is 23.8 Å². The Morgan fingerprint density at radius 3 is 2.86 bits per heavy atom. The zero-order valence-electron chi connectivity index (χ0n) is 12.9. The van der Waals surface area contributed by atoms with Gasteiger partial charge in [-0.3, -0.25) is 14.6 Å².